The fourth-order valence-electron chi connectivity index (χ4n) is 2.51. The molecule has 0 aliphatic heterocycles. The summed E-state index contributed by atoms with van der Waals surface area (Å²) in [7, 11) is -4.36. The van der Waals surface area contributed by atoms with Crippen LogP contribution in [0.4, 0.5) is 23.2 Å². The Morgan fingerprint density at radius 3 is 2.27 bits per heavy atom. The SMILES string of the molecule is CCOc1ccc(-c2ccc(NS(=O)(=O)c3ccc(F)c(C(F)(F)F)c3)cc2)nn1. The van der Waals surface area contributed by atoms with E-state index >= 15 is 0 Å². The van der Waals surface area contributed by atoms with Crippen LogP contribution in [0.5, 0.6) is 5.88 Å². The number of halogens is 4. The molecule has 1 heterocycles. The molecule has 0 radical (unpaired) electrons. The third kappa shape index (κ3) is 4.85. The molecule has 0 saturated carbocycles. The minimum absolute atomic E-state index is 0.107. The summed E-state index contributed by atoms with van der Waals surface area (Å²) in [5.41, 5.74) is -0.402. The van der Waals surface area contributed by atoms with E-state index in [9.17, 15) is 26.0 Å². The van der Waals surface area contributed by atoms with Crippen molar-refractivity contribution in [2.45, 2.75) is 18.0 Å². The fourth-order valence-corrected chi connectivity index (χ4v) is 3.60. The lowest BCUT2D eigenvalue weighted by Gasteiger charge is -2.12. The Morgan fingerprint density at radius 2 is 1.70 bits per heavy atom. The van der Waals surface area contributed by atoms with Crippen LogP contribution in [0.2, 0.25) is 0 Å². The molecule has 0 unspecified atom stereocenters. The zero-order valence-corrected chi connectivity index (χ0v) is 16.3. The maximum Gasteiger partial charge on any atom is 0.419 e. The minimum Gasteiger partial charge on any atom is -0.477 e. The van der Waals surface area contributed by atoms with Gasteiger partial charge in [0.15, 0.2) is 0 Å². The highest BCUT2D eigenvalue weighted by Gasteiger charge is 2.35. The van der Waals surface area contributed by atoms with Crippen molar-refractivity contribution in [2.24, 2.45) is 0 Å². The first-order chi connectivity index (χ1) is 14.1. The molecule has 30 heavy (non-hydrogen) atoms. The van der Waals surface area contributed by atoms with Crippen molar-refractivity contribution >= 4 is 15.7 Å². The highest BCUT2D eigenvalue weighted by Crippen LogP contribution is 2.33. The third-order valence-electron chi connectivity index (χ3n) is 3.92. The Morgan fingerprint density at radius 1 is 1.00 bits per heavy atom. The van der Waals surface area contributed by atoms with E-state index in [1.165, 1.54) is 12.1 Å². The van der Waals surface area contributed by atoms with Crippen molar-refractivity contribution in [1.29, 1.82) is 0 Å². The van der Waals surface area contributed by atoms with E-state index in [4.69, 9.17) is 4.74 Å². The van der Waals surface area contributed by atoms with Crippen molar-refractivity contribution in [3.63, 3.8) is 0 Å². The number of aromatic nitrogens is 2. The lowest BCUT2D eigenvalue weighted by Crippen LogP contribution is -2.15. The molecule has 0 bridgehead atoms. The van der Waals surface area contributed by atoms with Crippen LogP contribution in [0.3, 0.4) is 0 Å². The van der Waals surface area contributed by atoms with Gasteiger partial charge in [-0.3, -0.25) is 4.72 Å². The molecule has 0 amide bonds. The number of nitrogens with one attached hydrogen (secondary N) is 1. The Hall–Kier alpha value is -3.21. The lowest BCUT2D eigenvalue weighted by atomic mass is 10.1. The second-order valence-corrected chi connectivity index (χ2v) is 7.69. The minimum atomic E-state index is -5.02. The molecule has 0 aliphatic carbocycles. The Labute approximate surface area is 169 Å². The summed E-state index contributed by atoms with van der Waals surface area (Å²) in [5.74, 6) is -1.19. The van der Waals surface area contributed by atoms with Gasteiger partial charge in [-0.25, -0.2) is 12.8 Å². The number of nitrogens with zero attached hydrogens (tertiary/aromatic N) is 2. The van der Waals surface area contributed by atoms with E-state index in [-0.39, 0.29) is 11.8 Å². The number of ether oxygens (including phenoxy) is 1. The highest BCUT2D eigenvalue weighted by atomic mass is 32.2. The molecule has 11 heteroatoms. The van der Waals surface area contributed by atoms with E-state index in [1.54, 1.807) is 24.3 Å². The number of alkyl halides is 3. The van der Waals surface area contributed by atoms with Crippen LogP contribution in [-0.2, 0) is 16.2 Å². The Kier molecular flexibility index (Phi) is 5.92. The van der Waals surface area contributed by atoms with Crippen LogP contribution in [0.25, 0.3) is 11.3 Å². The van der Waals surface area contributed by atoms with Gasteiger partial charge < -0.3 is 4.74 Å². The number of sulfonamides is 1. The third-order valence-corrected chi connectivity index (χ3v) is 5.30. The van der Waals surface area contributed by atoms with Gasteiger partial charge in [-0.1, -0.05) is 12.1 Å². The average molecular weight is 441 g/mol. The summed E-state index contributed by atoms with van der Waals surface area (Å²) in [5, 5.41) is 7.90. The van der Waals surface area contributed by atoms with Crippen molar-refractivity contribution in [2.75, 3.05) is 11.3 Å². The fraction of sp³-hybridized carbons (Fsp3) is 0.158. The summed E-state index contributed by atoms with van der Waals surface area (Å²) < 4.78 is 84.1. The first-order valence-electron chi connectivity index (χ1n) is 8.56. The molecule has 158 valence electrons. The average Bonchev–Trinajstić information content (AvgIpc) is 2.68. The Balaban J connectivity index is 1.81. The molecule has 6 nitrogen and oxygen atoms in total. The topological polar surface area (TPSA) is 81.2 Å². The van der Waals surface area contributed by atoms with Gasteiger partial charge in [-0.05, 0) is 43.3 Å². The molecular formula is C19H15F4N3O3S. The first kappa shape index (κ1) is 21.5. The number of anilines is 1. The van der Waals surface area contributed by atoms with Gasteiger partial charge in [-0.15, -0.1) is 10.2 Å². The second kappa shape index (κ2) is 8.27. The maximum absolute atomic E-state index is 13.4. The van der Waals surface area contributed by atoms with Gasteiger partial charge in [0, 0.05) is 17.3 Å². The van der Waals surface area contributed by atoms with Crippen molar-refractivity contribution < 1.29 is 30.7 Å². The molecule has 0 aliphatic rings. The summed E-state index contributed by atoms with van der Waals surface area (Å²) in [6, 6.07) is 10.7. The summed E-state index contributed by atoms with van der Waals surface area (Å²) >= 11 is 0. The van der Waals surface area contributed by atoms with Gasteiger partial charge in [-0.2, -0.15) is 13.2 Å². The van der Waals surface area contributed by atoms with Gasteiger partial charge in [0.1, 0.15) is 5.82 Å². The van der Waals surface area contributed by atoms with Crippen molar-refractivity contribution in [3.8, 4) is 17.1 Å². The summed E-state index contributed by atoms with van der Waals surface area (Å²) in [6.07, 6.45) is -5.02. The molecule has 3 rings (SSSR count). The van der Waals surface area contributed by atoms with Crippen LogP contribution >= 0.6 is 0 Å². The quantitative estimate of drug-likeness (QED) is 0.570. The molecule has 3 aromatic rings. The van der Waals surface area contributed by atoms with E-state index in [2.05, 4.69) is 14.9 Å². The van der Waals surface area contributed by atoms with Crippen molar-refractivity contribution in [1.82, 2.24) is 10.2 Å². The summed E-state index contributed by atoms with van der Waals surface area (Å²) in [4.78, 5) is -0.710. The number of rotatable bonds is 6. The summed E-state index contributed by atoms with van der Waals surface area (Å²) in [6.45, 7) is 2.26. The molecule has 0 spiro atoms. The zero-order valence-electron chi connectivity index (χ0n) is 15.4. The monoisotopic (exact) mass is 441 g/mol. The Bertz CT molecular complexity index is 1130. The second-order valence-electron chi connectivity index (χ2n) is 6.01. The van der Waals surface area contributed by atoms with Crippen LogP contribution in [-0.4, -0.2) is 25.2 Å². The van der Waals surface area contributed by atoms with Gasteiger partial charge >= 0.3 is 6.18 Å². The molecule has 1 N–H and O–H groups in total. The predicted molar refractivity (Wildman–Crippen MR) is 101 cm³/mol. The van der Waals surface area contributed by atoms with Gasteiger partial charge in [0.05, 0.1) is 22.8 Å². The number of hydrogen-bond acceptors (Lipinski definition) is 5. The van der Waals surface area contributed by atoms with Crippen LogP contribution in [0.1, 0.15) is 12.5 Å². The van der Waals surface area contributed by atoms with E-state index < -0.39 is 32.5 Å². The molecule has 0 atom stereocenters. The normalized spacial score (nSPS) is 11.9. The number of hydrogen-bond donors (Lipinski definition) is 1. The van der Waals surface area contributed by atoms with Crippen LogP contribution in [0.15, 0.2) is 59.5 Å². The first-order valence-corrected chi connectivity index (χ1v) is 10.0. The standard InChI is InChI=1S/C19H15F4N3O3S/c1-2-29-18-10-9-17(24-25-18)12-3-5-13(6-4-12)26-30(27,28)14-7-8-16(20)15(11-14)19(21,22)23/h3-11,26H,2H2,1H3. The van der Waals surface area contributed by atoms with E-state index in [0.717, 1.165) is 6.07 Å². The maximum atomic E-state index is 13.4. The van der Waals surface area contributed by atoms with Gasteiger partial charge in [0.25, 0.3) is 10.0 Å². The van der Waals surface area contributed by atoms with Gasteiger partial charge in [0.2, 0.25) is 5.88 Å². The lowest BCUT2D eigenvalue weighted by molar-refractivity contribution is -0.140. The largest absolute Gasteiger partial charge is 0.477 e. The molecular weight excluding hydrogens is 426 g/mol. The zero-order chi connectivity index (χ0) is 21.9. The molecule has 2 aromatic carbocycles. The molecule has 0 saturated heterocycles. The van der Waals surface area contributed by atoms with Crippen molar-refractivity contribution in [3.05, 3.63) is 66.0 Å². The highest BCUT2D eigenvalue weighted by molar-refractivity contribution is 7.92. The molecule has 0 fully saturated rings. The molecule has 1 aromatic heterocycles. The van der Waals surface area contributed by atoms with Crippen LogP contribution in [0, 0.1) is 5.82 Å². The predicted octanol–water partition coefficient (Wildman–Crippen LogP) is 4.50. The van der Waals surface area contributed by atoms with Crippen LogP contribution < -0.4 is 9.46 Å². The van der Waals surface area contributed by atoms with E-state index in [0.29, 0.717) is 29.8 Å². The smallest absolute Gasteiger partial charge is 0.419 e. The van der Waals surface area contributed by atoms with E-state index in [1.807, 2.05) is 6.92 Å². The number of benzene rings is 2.